The van der Waals surface area contributed by atoms with Crippen molar-refractivity contribution in [1.29, 1.82) is 0 Å². The lowest BCUT2D eigenvalue weighted by atomic mass is 9.66. The van der Waals surface area contributed by atoms with E-state index in [0.717, 1.165) is 25.8 Å². The molecule has 0 N–H and O–H groups in total. The second kappa shape index (κ2) is 9.75. The van der Waals surface area contributed by atoms with Gasteiger partial charge in [0.05, 0.1) is 0 Å². The van der Waals surface area contributed by atoms with Crippen LogP contribution in [0.5, 0.6) is 0 Å². The molecule has 3 nitrogen and oxygen atoms in total. The highest BCUT2D eigenvalue weighted by molar-refractivity contribution is 5.85. The molecule has 26 heavy (non-hydrogen) atoms. The summed E-state index contributed by atoms with van der Waals surface area (Å²) in [5, 5.41) is 0. The summed E-state index contributed by atoms with van der Waals surface area (Å²) in [7, 11) is 0. The van der Waals surface area contributed by atoms with Crippen molar-refractivity contribution >= 4 is 18.4 Å². The lowest BCUT2D eigenvalue weighted by Crippen LogP contribution is -2.52. The SMILES string of the molecule is CC(=O)OC1(C(C)CN2CCCCC2)CCCCC1c1ccccc1.Cl. The zero-order valence-corrected chi connectivity index (χ0v) is 17.1. The summed E-state index contributed by atoms with van der Waals surface area (Å²) in [5.74, 6) is 0.527. The molecule has 1 aromatic rings. The minimum absolute atomic E-state index is 0. The first-order valence-corrected chi connectivity index (χ1v) is 10.1. The summed E-state index contributed by atoms with van der Waals surface area (Å²) >= 11 is 0. The van der Waals surface area contributed by atoms with Crippen molar-refractivity contribution in [3.8, 4) is 0 Å². The van der Waals surface area contributed by atoms with Gasteiger partial charge >= 0.3 is 5.97 Å². The first kappa shape index (κ1) is 21.2. The number of benzene rings is 1. The molecule has 0 aromatic heterocycles. The quantitative estimate of drug-likeness (QED) is 0.659. The van der Waals surface area contributed by atoms with E-state index < -0.39 is 0 Å². The maximum Gasteiger partial charge on any atom is 0.303 e. The van der Waals surface area contributed by atoms with Gasteiger partial charge in [0.25, 0.3) is 0 Å². The van der Waals surface area contributed by atoms with Crippen molar-refractivity contribution in [2.45, 2.75) is 70.3 Å². The zero-order valence-electron chi connectivity index (χ0n) is 16.3. The zero-order chi connectivity index (χ0) is 17.7. The smallest absolute Gasteiger partial charge is 0.303 e. The van der Waals surface area contributed by atoms with Gasteiger partial charge in [0, 0.05) is 25.3 Å². The molecular weight excluding hydrogens is 346 g/mol. The minimum Gasteiger partial charge on any atom is -0.458 e. The number of rotatable bonds is 5. The molecule has 3 atom stereocenters. The number of hydrogen-bond donors (Lipinski definition) is 0. The highest BCUT2D eigenvalue weighted by atomic mass is 35.5. The van der Waals surface area contributed by atoms with Crippen LogP contribution < -0.4 is 0 Å². The Morgan fingerprint density at radius 1 is 1.15 bits per heavy atom. The van der Waals surface area contributed by atoms with E-state index >= 15 is 0 Å². The van der Waals surface area contributed by atoms with Crippen molar-refractivity contribution in [2.75, 3.05) is 19.6 Å². The number of carbonyl (C=O) groups excluding carboxylic acids is 1. The predicted molar refractivity (Wildman–Crippen MR) is 109 cm³/mol. The fourth-order valence-corrected chi connectivity index (χ4v) is 5.07. The highest BCUT2D eigenvalue weighted by Crippen LogP contribution is 2.48. The molecule has 0 amide bonds. The second-order valence-corrected chi connectivity index (χ2v) is 8.02. The van der Waals surface area contributed by atoms with Gasteiger partial charge in [0.1, 0.15) is 5.60 Å². The van der Waals surface area contributed by atoms with Crippen molar-refractivity contribution in [2.24, 2.45) is 5.92 Å². The molecule has 3 rings (SSSR count). The van der Waals surface area contributed by atoms with Crippen LogP contribution in [0.4, 0.5) is 0 Å². The molecule has 4 heteroatoms. The molecule has 1 aliphatic heterocycles. The maximum atomic E-state index is 12.1. The van der Waals surface area contributed by atoms with Gasteiger partial charge in [0.2, 0.25) is 0 Å². The first-order valence-electron chi connectivity index (χ1n) is 10.1. The van der Waals surface area contributed by atoms with Crippen LogP contribution >= 0.6 is 12.4 Å². The first-order chi connectivity index (χ1) is 12.1. The second-order valence-electron chi connectivity index (χ2n) is 8.02. The van der Waals surface area contributed by atoms with Crippen molar-refractivity contribution in [3.05, 3.63) is 35.9 Å². The van der Waals surface area contributed by atoms with E-state index in [2.05, 4.69) is 42.2 Å². The predicted octanol–water partition coefficient (Wildman–Crippen LogP) is 5.19. The molecule has 0 radical (unpaired) electrons. The lowest BCUT2D eigenvalue weighted by Gasteiger charge is -2.48. The van der Waals surface area contributed by atoms with Crippen LogP contribution in [0.15, 0.2) is 30.3 Å². The normalized spacial score (nSPS) is 28.0. The number of ether oxygens (including phenoxy) is 1. The molecule has 146 valence electrons. The molecule has 1 aliphatic carbocycles. The van der Waals surface area contributed by atoms with E-state index in [-0.39, 0.29) is 24.0 Å². The number of nitrogens with zero attached hydrogens (tertiary/aromatic N) is 1. The van der Waals surface area contributed by atoms with Gasteiger partial charge in [0.15, 0.2) is 0 Å². The highest BCUT2D eigenvalue weighted by Gasteiger charge is 2.48. The molecular formula is C22H34ClNO2. The molecule has 1 aromatic carbocycles. The number of piperidine rings is 1. The summed E-state index contributed by atoms with van der Waals surface area (Å²) in [5.41, 5.74) is 0.969. The molecule has 0 spiro atoms. The Labute approximate surface area is 164 Å². The van der Waals surface area contributed by atoms with Crippen LogP contribution in [0.2, 0.25) is 0 Å². The monoisotopic (exact) mass is 379 g/mol. The summed E-state index contributed by atoms with van der Waals surface area (Å²) in [6.45, 7) is 7.30. The van der Waals surface area contributed by atoms with Crippen molar-refractivity contribution in [1.82, 2.24) is 4.90 Å². The van der Waals surface area contributed by atoms with Gasteiger partial charge in [-0.25, -0.2) is 0 Å². The Morgan fingerprint density at radius 2 is 1.85 bits per heavy atom. The Morgan fingerprint density at radius 3 is 2.50 bits per heavy atom. The molecule has 1 saturated heterocycles. The molecule has 3 unspecified atom stereocenters. The number of likely N-dealkylation sites (tertiary alicyclic amines) is 1. The minimum atomic E-state index is -0.358. The Hall–Kier alpha value is -1.06. The largest absolute Gasteiger partial charge is 0.458 e. The van der Waals surface area contributed by atoms with Gasteiger partial charge in [-0.1, -0.05) is 50.1 Å². The Bertz CT molecular complexity index is 559. The van der Waals surface area contributed by atoms with Gasteiger partial charge in [-0.05, 0) is 50.8 Å². The van der Waals surface area contributed by atoms with E-state index in [9.17, 15) is 4.79 Å². The van der Waals surface area contributed by atoms with E-state index in [1.165, 1.54) is 44.3 Å². The van der Waals surface area contributed by atoms with E-state index in [1.807, 2.05) is 0 Å². The molecule has 0 bridgehead atoms. The lowest BCUT2D eigenvalue weighted by molar-refractivity contribution is -0.172. The van der Waals surface area contributed by atoms with Crippen LogP contribution in [0.25, 0.3) is 0 Å². The topological polar surface area (TPSA) is 29.5 Å². The van der Waals surface area contributed by atoms with Crippen LogP contribution in [0.1, 0.15) is 70.3 Å². The Kier molecular flexibility index (Phi) is 7.97. The maximum absolute atomic E-state index is 12.1. The van der Waals surface area contributed by atoms with Gasteiger partial charge in [-0.3, -0.25) is 4.79 Å². The summed E-state index contributed by atoms with van der Waals surface area (Å²) in [6.07, 6.45) is 8.43. The van der Waals surface area contributed by atoms with Crippen molar-refractivity contribution in [3.63, 3.8) is 0 Å². The molecule has 2 aliphatic rings. The average Bonchev–Trinajstić information content (AvgIpc) is 2.63. The van der Waals surface area contributed by atoms with Crippen LogP contribution in [0.3, 0.4) is 0 Å². The summed E-state index contributed by atoms with van der Waals surface area (Å²) < 4.78 is 6.18. The fourth-order valence-electron chi connectivity index (χ4n) is 5.07. The van der Waals surface area contributed by atoms with Crippen molar-refractivity contribution < 1.29 is 9.53 Å². The third kappa shape index (κ3) is 4.80. The third-order valence-corrected chi connectivity index (χ3v) is 6.25. The molecule has 2 fully saturated rings. The van der Waals surface area contributed by atoms with E-state index in [0.29, 0.717) is 11.8 Å². The number of esters is 1. The van der Waals surface area contributed by atoms with Gasteiger partial charge in [-0.2, -0.15) is 0 Å². The Balaban J connectivity index is 0.00000243. The number of halogens is 1. The van der Waals surface area contributed by atoms with E-state index in [4.69, 9.17) is 4.74 Å². The fraction of sp³-hybridized carbons (Fsp3) is 0.682. The third-order valence-electron chi connectivity index (χ3n) is 6.25. The summed E-state index contributed by atoms with van der Waals surface area (Å²) in [4.78, 5) is 14.6. The van der Waals surface area contributed by atoms with Crippen LogP contribution in [-0.4, -0.2) is 36.1 Å². The van der Waals surface area contributed by atoms with Gasteiger partial charge < -0.3 is 9.64 Å². The standard InChI is InChI=1S/C22H33NO2.ClH/c1-18(17-23-15-9-4-10-16-23)22(25-19(2)24)14-8-7-13-21(22)20-11-5-3-6-12-20;/h3,5-6,11-12,18,21H,4,7-10,13-17H2,1-2H3;1H. The molecule has 1 heterocycles. The van der Waals surface area contributed by atoms with Crippen LogP contribution in [-0.2, 0) is 9.53 Å². The molecule has 1 saturated carbocycles. The number of carbonyl (C=O) groups is 1. The average molecular weight is 380 g/mol. The van der Waals surface area contributed by atoms with Gasteiger partial charge in [-0.15, -0.1) is 12.4 Å². The van der Waals surface area contributed by atoms with Crippen LogP contribution in [0, 0.1) is 5.92 Å². The number of hydrogen-bond acceptors (Lipinski definition) is 3. The summed E-state index contributed by atoms with van der Waals surface area (Å²) in [6, 6.07) is 10.7. The van der Waals surface area contributed by atoms with E-state index in [1.54, 1.807) is 6.92 Å².